The van der Waals surface area contributed by atoms with Crippen LogP contribution in [0.5, 0.6) is 0 Å². The number of carbonyl (C=O) groups is 1. The van der Waals surface area contributed by atoms with Crippen LogP contribution in [0.4, 0.5) is 0 Å². The van der Waals surface area contributed by atoms with Crippen LogP contribution in [0.3, 0.4) is 0 Å². The van der Waals surface area contributed by atoms with Crippen LogP contribution in [0.2, 0.25) is 0 Å². The van der Waals surface area contributed by atoms with E-state index < -0.39 is 0 Å². The van der Waals surface area contributed by atoms with Crippen molar-refractivity contribution in [2.24, 2.45) is 0 Å². The summed E-state index contributed by atoms with van der Waals surface area (Å²) in [6.07, 6.45) is 2.36. The fourth-order valence-corrected chi connectivity index (χ4v) is 3.48. The number of nitrogens with zero attached hydrogens (tertiary/aromatic N) is 1. The van der Waals surface area contributed by atoms with E-state index in [0.717, 1.165) is 13.1 Å². The lowest BCUT2D eigenvalue weighted by atomic mass is 10.1. The SMILES string of the molecule is Cc1ccc(CN(C)C(=O)CSC2CCNCC2)cc1. The van der Waals surface area contributed by atoms with E-state index in [1.54, 1.807) is 0 Å². The van der Waals surface area contributed by atoms with Crippen LogP contribution in [0.25, 0.3) is 0 Å². The zero-order valence-electron chi connectivity index (χ0n) is 12.4. The molecule has 110 valence electrons. The van der Waals surface area contributed by atoms with Crippen molar-refractivity contribution < 1.29 is 4.79 Å². The number of piperidine rings is 1. The maximum Gasteiger partial charge on any atom is 0.232 e. The van der Waals surface area contributed by atoms with Crippen molar-refractivity contribution >= 4 is 17.7 Å². The molecule has 3 nitrogen and oxygen atoms in total. The van der Waals surface area contributed by atoms with E-state index >= 15 is 0 Å². The van der Waals surface area contributed by atoms with Crippen LogP contribution in [0.15, 0.2) is 24.3 Å². The Balaban J connectivity index is 1.75. The van der Waals surface area contributed by atoms with Crippen molar-refractivity contribution in [2.45, 2.75) is 31.6 Å². The highest BCUT2D eigenvalue weighted by Crippen LogP contribution is 2.20. The van der Waals surface area contributed by atoms with Crippen LogP contribution < -0.4 is 5.32 Å². The van der Waals surface area contributed by atoms with Gasteiger partial charge in [0.1, 0.15) is 0 Å². The summed E-state index contributed by atoms with van der Waals surface area (Å²) in [5, 5.41) is 4.00. The molecule has 20 heavy (non-hydrogen) atoms. The highest BCUT2D eigenvalue weighted by Gasteiger charge is 2.16. The summed E-state index contributed by atoms with van der Waals surface area (Å²) in [5.74, 6) is 0.835. The average Bonchev–Trinajstić information content (AvgIpc) is 2.48. The third kappa shape index (κ3) is 4.84. The standard InChI is InChI=1S/C16H24N2OS/c1-13-3-5-14(6-4-13)11-18(2)16(19)12-20-15-7-9-17-10-8-15/h3-6,15,17H,7-12H2,1-2H3. The monoisotopic (exact) mass is 292 g/mol. The fraction of sp³-hybridized carbons (Fsp3) is 0.562. The molecule has 1 N–H and O–H groups in total. The van der Waals surface area contributed by atoms with Gasteiger partial charge in [0.2, 0.25) is 5.91 Å². The van der Waals surface area contributed by atoms with Crippen molar-refractivity contribution in [3.8, 4) is 0 Å². The van der Waals surface area contributed by atoms with Gasteiger partial charge in [0, 0.05) is 18.8 Å². The molecule has 1 saturated heterocycles. The third-order valence-corrected chi connectivity index (χ3v) is 5.05. The first-order valence-electron chi connectivity index (χ1n) is 7.27. The van der Waals surface area contributed by atoms with E-state index in [4.69, 9.17) is 0 Å². The van der Waals surface area contributed by atoms with Crippen LogP contribution >= 0.6 is 11.8 Å². The molecule has 0 spiro atoms. The predicted molar refractivity (Wildman–Crippen MR) is 86.0 cm³/mol. The summed E-state index contributed by atoms with van der Waals surface area (Å²) >= 11 is 1.82. The van der Waals surface area contributed by atoms with Gasteiger partial charge in [-0.05, 0) is 38.4 Å². The molecular weight excluding hydrogens is 268 g/mol. The number of hydrogen-bond acceptors (Lipinski definition) is 3. The number of hydrogen-bond donors (Lipinski definition) is 1. The number of thioether (sulfide) groups is 1. The summed E-state index contributed by atoms with van der Waals surface area (Å²) in [7, 11) is 1.89. The third-order valence-electron chi connectivity index (χ3n) is 3.69. The average molecular weight is 292 g/mol. The first-order valence-corrected chi connectivity index (χ1v) is 8.32. The molecule has 1 fully saturated rings. The second-order valence-corrected chi connectivity index (χ2v) is 6.78. The van der Waals surface area contributed by atoms with Crippen LogP contribution in [-0.2, 0) is 11.3 Å². The smallest absolute Gasteiger partial charge is 0.232 e. The molecule has 1 aromatic carbocycles. The van der Waals surface area contributed by atoms with Gasteiger partial charge in [0.05, 0.1) is 5.75 Å². The lowest BCUT2D eigenvalue weighted by Gasteiger charge is -2.23. The second kappa shape index (κ2) is 7.70. The quantitative estimate of drug-likeness (QED) is 0.904. The van der Waals surface area contributed by atoms with E-state index in [2.05, 4.69) is 36.5 Å². The first-order chi connectivity index (χ1) is 9.65. The zero-order valence-corrected chi connectivity index (χ0v) is 13.2. The van der Waals surface area contributed by atoms with Crippen molar-refractivity contribution in [3.05, 3.63) is 35.4 Å². The molecule has 1 aromatic rings. The summed E-state index contributed by atoms with van der Waals surface area (Å²) in [4.78, 5) is 14.0. The summed E-state index contributed by atoms with van der Waals surface area (Å²) < 4.78 is 0. The molecule has 0 aliphatic carbocycles. The lowest BCUT2D eigenvalue weighted by molar-refractivity contribution is -0.127. The van der Waals surface area contributed by atoms with Crippen LogP contribution in [-0.4, -0.2) is 41.9 Å². The van der Waals surface area contributed by atoms with E-state index in [1.165, 1.54) is 24.0 Å². The van der Waals surface area contributed by atoms with Gasteiger partial charge in [0.25, 0.3) is 0 Å². The first kappa shape index (κ1) is 15.4. The van der Waals surface area contributed by atoms with Crippen molar-refractivity contribution in [1.29, 1.82) is 0 Å². The van der Waals surface area contributed by atoms with Gasteiger partial charge in [-0.25, -0.2) is 0 Å². The molecule has 0 saturated carbocycles. The molecule has 1 aliphatic heterocycles. The van der Waals surface area contributed by atoms with Crippen molar-refractivity contribution in [1.82, 2.24) is 10.2 Å². The molecular formula is C16H24N2OS. The lowest BCUT2D eigenvalue weighted by Crippen LogP contribution is -2.32. The normalized spacial score (nSPS) is 16.1. The van der Waals surface area contributed by atoms with E-state index in [1.807, 2.05) is 23.7 Å². The van der Waals surface area contributed by atoms with Gasteiger partial charge in [0.15, 0.2) is 0 Å². The summed E-state index contributed by atoms with van der Waals surface area (Å²) in [5.41, 5.74) is 2.45. The number of aryl methyl sites for hydroxylation is 1. The van der Waals surface area contributed by atoms with Gasteiger partial charge in [-0.15, -0.1) is 11.8 Å². The van der Waals surface area contributed by atoms with E-state index in [9.17, 15) is 4.79 Å². The van der Waals surface area contributed by atoms with Crippen molar-refractivity contribution in [3.63, 3.8) is 0 Å². The maximum absolute atomic E-state index is 12.1. The summed E-state index contributed by atoms with van der Waals surface area (Å²) in [6.45, 7) is 4.95. The highest BCUT2D eigenvalue weighted by atomic mass is 32.2. The molecule has 4 heteroatoms. The largest absolute Gasteiger partial charge is 0.341 e. The number of benzene rings is 1. The Morgan fingerprint density at radius 1 is 1.30 bits per heavy atom. The topological polar surface area (TPSA) is 32.3 Å². The number of amides is 1. The Morgan fingerprint density at radius 2 is 1.95 bits per heavy atom. The van der Waals surface area contributed by atoms with E-state index in [0.29, 0.717) is 17.5 Å². The Hall–Kier alpha value is -1.00. The van der Waals surface area contributed by atoms with Crippen LogP contribution in [0.1, 0.15) is 24.0 Å². The predicted octanol–water partition coefficient (Wildman–Crippen LogP) is 2.44. The Bertz CT molecular complexity index is 427. The minimum atomic E-state index is 0.231. The van der Waals surface area contributed by atoms with Gasteiger partial charge in [-0.2, -0.15) is 0 Å². The second-order valence-electron chi connectivity index (χ2n) is 5.50. The fourth-order valence-electron chi connectivity index (χ4n) is 2.32. The molecule has 0 unspecified atom stereocenters. The Labute approximate surface area is 126 Å². The molecule has 0 bridgehead atoms. The highest BCUT2D eigenvalue weighted by molar-refractivity contribution is 8.00. The van der Waals surface area contributed by atoms with Gasteiger partial charge in [-0.3, -0.25) is 4.79 Å². The molecule has 0 radical (unpaired) electrons. The zero-order chi connectivity index (χ0) is 14.4. The summed E-state index contributed by atoms with van der Waals surface area (Å²) in [6, 6.07) is 8.38. The Morgan fingerprint density at radius 3 is 2.60 bits per heavy atom. The number of carbonyl (C=O) groups excluding carboxylic acids is 1. The number of nitrogens with one attached hydrogen (secondary N) is 1. The maximum atomic E-state index is 12.1. The Kier molecular flexibility index (Phi) is 5.92. The van der Waals surface area contributed by atoms with E-state index in [-0.39, 0.29) is 5.91 Å². The minimum Gasteiger partial charge on any atom is -0.341 e. The van der Waals surface area contributed by atoms with Crippen LogP contribution in [0, 0.1) is 6.92 Å². The number of rotatable bonds is 5. The van der Waals surface area contributed by atoms with Gasteiger partial charge >= 0.3 is 0 Å². The van der Waals surface area contributed by atoms with Gasteiger partial charge in [-0.1, -0.05) is 29.8 Å². The minimum absolute atomic E-state index is 0.231. The van der Waals surface area contributed by atoms with Crippen molar-refractivity contribution in [2.75, 3.05) is 25.9 Å². The van der Waals surface area contributed by atoms with Gasteiger partial charge < -0.3 is 10.2 Å². The molecule has 1 aliphatic rings. The molecule has 1 heterocycles. The molecule has 0 atom stereocenters. The molecule has 2 rings (SSSR count). The molecule has 1 amide bonds. The molecule has 0 aromatic heterocycles.